The highest BCUT2D eigenvalue weighted by atomic mass is 16.3. The van der Waals surface area contributed by atoms with Gasteiger partial charge in [0.05, 0.1) is 0 Å². The van der Waals surface area contributed by atoms with Gasteiger partial charge >= 0.3 is 0 Å². The average Bonchev–Trinajstić information content (AvgIpc) is 3.94. The number of para-hydroxylation sites is 2. The highest BCUT2D eigenvalue weighted by Gasteiger charge is 2.22. The maximum atomic E-state index is 6.50. The Balaban J connectivity index is 1.15. The van der Waals surface area contributed by atoms with Gasteiger partial charge in [-0.25, -0.2) is 0 Å². The SMILES string of the molecule is c1ccc(-c2cc(-c3c4cccc(-c5cccc6ccc7oc8ccccc8c7c56)c4cc4c(-c5cccc6ccc7oc8ccccc8c7c56)cccc34)cc3ccccc23)cc1. The van der Waals surface area contributed by atoms with Crippen molar-refractivity contribution >= 4 is 97.7 Å². The molecule has 12 aromatic carbocycles. The molecule has 0 bridgehead atoms. The zero-order chi connectivity index (χ0) is 41.9. The van der Waals surface area contributed by atoms with Crippen LogP contribution in [0.3, 0.4) is 0 Å². The molecule has 0 fully saturated rings. The maximum Gasteiger partial charge on any atom is 0.136 e. The van der Waals surface area contributed by atoms with Crippen molar-refractivity contribution in [1.29, 1.82) is 0 Å². The van der Waals surface area contributed by atoms with Gasteiger partial charge in [-0.2, -0.15) is 0 Å². The maximum absolute atomic E-state index is 6.50. The van der Waals surface area contributed by atoms with Crippen molar-refractivity contribution in [3.63, 3.8) is 0 Å². The molecule has 0 saturated carbocycles. The molecular weight excluding hydrogens is 777 g/mol. The van der Waals surface area contributed by atoms with Crippen molar-refractivity contribution in [2.24, 2.45) is 0 Å². The minimum Gasteiger partial charge on any atom is -0.456 e. The van der Waals surface area contributed by atoms with Gasteiger partial charge in [-0.1, -0.05) is 176 Å². The minimum absolute atomic E-state index is 0.897. The van der Waals surface area contributed by atoms with Crippen LogP contribution < -0.4 is 0 Å². The standard InChI is InChI=1S/C62H36O2/c1-2-14-37(15-3-1)51-35-41(34-40-16-4-5-19-42(40)51)58-47-26-12-22-43(45-24-10-17-38-30-32-56-61(59(38)45)49-20-6-8-28-54(49)63-56)52(47)36-53-44(23-13-27-48(53)58)46-25-11-18-39-31-33-57-62(60(39)46)50-21-7-9-29-55(50)64-57/h1-36H. The predicted molar refractivity (Wildman–Crippen MR) is 270 cm³/mol. The van der Waals surface area contributed by atoms with E-state index in [0.29, 0.717) is 0 Å². The van der Waals surface area contributed by atoms with Crippen LogP contribution >= 0.6 is 0 Å². The first-order valence-corrected chi connectivity index (χ1v) is 22.0. The summed E-state index contributed by atoms with van der Waals surface area (Å²) >= 11 is 0. The summed E-state index contributed by atoms with van der Waals surface area (Å²) in [4.78, 5) is 0. The minimum atomic E-state index is 0.897. The van der Waals surface area contributed by atoms with Crippen LogP contribution in [0.15, 0.2) is 227 Å². The van der Waals surface area contributed by atoms with Crippen LogP contribution in [0.2, 0.25) is 0 Å². The molecule has 14 rings (SSSR count). The number of rotatable bonds is 4. The van der Waals surface area contributed by atoms with Crippen LogP contribution in [0.5, 0.6) is 0 Å². The lowest BCUT2D eigenvalue weighted by Gasteiger charge is -2.20. The van der Waals surface area contributed by atoms with Gasteiger partial charge < -0.3 is 8.83 Å². The van der Waals surface area contributed by atoms with E-state index >= 15 is 0 Å². The van der Waals surface area contributed by atoms with Gasteiger partial charge in [0, 0.05) is 32.3 Å². The Labute approximate surface area is 367 Å². The van der Waals surface area contributed by atoms with Crippen LogP contribution in [-0.2, 0) is 0 Å². The highest BCUT2D eigenvalue weighted by Crippen LogP contribution is 2.49. The fraction of sp³-hybridized carbons (Fsp3) is 0. The Hall–Kier alpha value is -8.46. The molecule has 2 aromatic heterocycles. The Bertz CT molecular complexity index is 4030. The highest BCUT2D eigenvalue weighted by molar-refractivity contribution is 6.28. The van der Waals surface area contributed by atoms with Crippen molar-refractivity contribution in [1.82, 2.24) is 0 Å². The van der Waals surface area contributed by atoms with E-state index in [-0.39, 0.29) is 0 Å². The topological polar surface area (TPSA) is 26.3 Å². The summed E-state index contributed by atoms with van der Waals surface area (Å²) in [6, 6.07) is 79.6. The third-order valence-corrected chi connectivity index (χ3v) is 13.6. The second-order valence-corrected chi connectivity index (χ2v) is 17.0. The Kier molecular flexibility index (Phi) is 7.43. The Morgan fingerprint density at radius 2 is 0.688 bits per heavy atom. The van der Waals surface area contributed by atoms with E-state index in [9.17, 15) is 0 Å². The molecule has 0 aliphatic carbocycles. The normalized spacial score (nSPS) is 12.1. The predicted octanol–water partition coefficient (Wildman–Crippen LogP) is 17.9. The molecule has 0 aliphatic heterocycles. The molecule has 0 atom stereocenters. The van der Waals surface area contributed by atoms with E-state index in [1.165, 1.54) is 98.4 Å². The quantitative estimate of drug-likeness (QED) is 0.166. The Morgan fingerprint density at radius 3 is 1.28 bits per heavy atom. The monoisotopic (exact) mass is 812 g/mol. The summed E-state index contributed by atoms with van der Waals surface area (Å²) in [5, 5.41) is 16.6. The summed E-state index contributed by atoms with van der Waals surface area (Å²) in [5.74, 6) is 0. The first-order valence-electron chi connectivity index (χ1n) is 22.0. The van der Waals surface area contributed by atoms with Crippen LogP contribution in [0.1, 0.15) is 0 Å². The molecule has 0 unspecified atom stereocenters. The third kappa shape index (κ3) is 5.08. The van der Waals surface area contributed by atoms with E-state index in [1.807, 2.05) is 0 Å². The van der Waals surface area contributed by atoms with Crippen LogP contribution in [0.4, 0.5) is 0 Å². The number of furan rings is 2. The number of benzene rings is 12. The molecule has 64 heavy (non-hydrogen) atoms. The van der Waals surface area contributed by atoms with Gasteiger partial charge in [0.25, 0.3) is 0 Å². The van der Waals surface area contributed by atoms with Gasteiger partial charge in [-0.05, 0) is 130 Å². The zero-order valence-electron chi connectivity index (χ0n) is 34.6. The zero-order valence-corrected chi connectivity index (χ0v) is 34.6. The van der Waals surface area contributed by atoms with Crippen molar-refractivity contribution in [2.75, 3.05) is 0 Å². The molecular formula is C62H36O2. The van der Waals surface area contributed by atoms with E-state index in [1.54, 1.807) is 0 Å². The fourth-order valence-electron chi connectivity index (χ4n) is 10.9. The molecule has 14 aromatic rings. The second kappa shape index (κ2) is 13.5. The summed E-state index contributed by atoms with van der Waals surface area (Å²) in [6.45, 7) is 0. The van der Waals surface area contributed by atoms with Gasteiger partial charge in [0.1, 0.15) is 22.3 Å². The molecule has 2 heteroatoms. The molecule has 0 saturated heterocycles. The van der Waals surface area contributed by atoms with E-state index in [4.69, 9.17) is 8.83 Å². The first-order chi connectivity index (χ1) is 31.7. The van der Waals surface area contributed by atoms with Crippen molar-refractivity contribution in [2.45, 2.75) is 0 Å². The van der Waals surface area contributed by atoms with Crippen molar-refractivity contribution in [3.8, 4) is 44.5 Å². The Morgan fingerprint density at radius 1 is 0.219 bits per heavy atom. The molecule has 2 heterocycles. The van der Waals surface area contributed by atoms with Crippen LogP contribution in [0.25, 0.3) is 142 Å². The third-order valence-electron chi connectivity index (χ3n) is 13.6. The number of fused-ring (bicyclic) bond motifs is 13. The van der Waals surface area contributed by atoms with Crippen LogP contribution in [0, 0.1) is 0 Å². The number of hydrogen-bond donors (Lipinski definition) is 0. The molecule has 0 spiro atoms. The first kappa shape index (κ1) is 35.2. The molecule has 2 nitrogen and oxygen atoms in total. The summed E-state index contributed by atoms with van der Waals surface area (Å²) in [6.07, 6.45) is 0. The number of hydrogen-bond acceptors (Lipinski definition) is 2. The smallest absolute Gasteiger partial charge is 0.136 e. The molecule has 0 radical (unpaired) electrons. The summed E-state index contributed by atoms with van der Waals surface area (Å²) < 4.78 is 13.0. The lowest BCUT2D eigenvalue weighted by Crippen LogP contribution is -1.93. The lowest BCUT2D eigenvalue weighted by atomic mass is 9.83. The second-order valence-electron chi connectivity index (χ2n) is 17.0. The molecule has 296 valence electrons. The van der Waals surface area contributed by atoms with Gasteiger partial charge in [-0.15, -0.1) is 0 Å². The van der Waals surface area contributed by atoms with Crippen LogP contribution in [-0.4, -0.2) is 0 Å². The van der Waals surface area contributed by atoms with E-state index < -0.39 is 0 Å². The van der Waals surface area contributed by atoms with E-state index in [0.717, 1.165) is 43.9 Å². The van der Waals surface area contributed by atoms with E-state index in [2.05, 4.69) is 218 Å². The summed E-state index contributed by atoms with van der Waals surface area (Å²) in [7, 11) is 0. The molecule has 0 N–H and O–H groups in total. The van der Waals surface area contributed by atoms with Gasteiger partial charge in [0.15, 0.2) is 0 Å². The largest absolute Gasteiger partial charge is 0.456 e. The average molecular weight is 813 g/mol. The molecule has 0 aliphatic rings. The molecule has 0 amide bonds. The summed E-state index contributed by atoms with van der Waals surface area (Å²) in [5.41, 5.74) is 13.2. The lowest BCUT2D eigenvalue weighted by molar-refractivity contribution is 0.669. The fourth-order valence-corrected chi connectivity index (χ4v) is 10.9. The van der Waals surface area contributed by atoms with Crippen molar-refractivity contribution in [3.05, 3.63) is 218 Å². The van der Waals surface area contributed by atoms with Gasteiger partial charge in [0.2, 0.25) is 0 Å². The van der Waals surface area contributed by atoms with Gasteiger partial charge in [-0.3, -0.25) is 0 Å². The van der Waals surface area contributed by atoms with Crippen molar-refractivity contribution < 1.29 is 8.83 Å².